The van der Waals surface area contributed by atoms with Crippen LogP contribution in [0.2, 0.25) is 0 Å². The SMILES string of the molecule is C=C[C@@H]1C[C@]1(NC(=O)[C@@H]1C[C@@H](Oc2cc(-c3csc(NC(C)C)n3)nc3cc(OC)ccc23)CN1)C(=O)NS(=O)(=O)c1ccccc1NCCCCCCCCC(=O)O. The van der Waals surface area contributed by atoms with Gasteiger partial charge in [0.1, 0.15) is 33.7 Å². The normalized spacial score (nSPS) is 19.9. The lowest BCUT2D eigenvalue weighted by Crippen LogP contribution is -2.55. The molecule has 6 rings (SSSR count). The fourth-order valence-corrected chi connectivity index (χ4v) is 9.27. The molecule has 1 saturated heterocycles. The molecule has 2 fully saturated rings. The highest BCUT2D eigenvalue weighted by molar-refractivity contribution is 7.90. The van der Waals surface area contributed by atoms with Crippen molar-refractivity contribution >= 4 is 60.9 Å². The van der Waals surface area contributed by atoms with E-state index < -0.39 is 51.4 Å². The van der Waals surface area contributed by atoms with E-state index in [0.29, 0.717) is 60.0 Å². The van der Waals surface area contributed by atoms with Crippen molar-refractivity contribution in [3.05, 3.63) is 66.6 Å². The maximum Gasteiger partial charge on any atom is 0.303 e. The number of sulfonamides is 1. The number of aliphatic carboxylic acids is 1. The summed E-state index contributed by atoms with van der Waals surface area (Å²) in [6.07, 6.45) is 6.90. The number of carbonyl (C=O) groups excluding carboxylic acids is 2. The minimum atomic E-state index is -4.33. The van der Waals surface area contributed by atoms with Crippen molar-refractivity contribution in [1.29, 1.82) is 0 Å². The predicted molar refractivity (Wildman–Crippen MR) is 228 cm³/mol. The summed E-state index contributed by atoms with van der Waals surface area (Å²) in [5, 5.41) is 24.8. The van der Waals surface area contributed by atoms with Gasteiger partial charge in [-0.1, -0.05) is 43.9 Å². The summed E-state index contributed by atoms with van der Waals surface area (Å²) >= 11 is 1.49. The number of pyridine rings is 1. The number of fused-ring (bicyclic) bond motifs is 1. The van der Waals surface area contributed by atoms with Crippen LogP contribution < -0.4 is 35.5 Å². The Labute approximate surface area is 348 Å². The number of para-hydroxylation sites is 1. The standard InChI is InChI=1S/C42H53N7O8S2/c1-5-27-23-42(27,40(53)49-59(54,55)37-15-12-11-14-31(37)43-19-13-9-7-6-8-10-16-38(50)51)48-39(52)34-21-29(24-44-34)57-36-22-33(35-25-58-41(47-35)45-26(2)3)46-32-20-28(56-4)17-18-30(32)36/h5,11-12,14-15,17-18,20,22,25-27,29,34,43-44H,1,6-10,13,16,19,21,23-24H2,2-4H3,(H,45,47)(H,48,52)(H,49,53)(H,50,51)/t27-,29-,34+,42-/m1/s1. The average molecular weight is 848 g/mol. The molecule has 2 amide bonds. The Morgan fingerprint density at radius 2 is 1.81 bits per heavy atom. The van der Waals surface area contributed by atoms with Crippen molar-refractivity contribution in [2.75, 3.05) is 30.8 Å². The molecule has 3 heterocycles. The van der Waals surface area contributed by atoms with Crippen LogP contribution in [-0.4, -0.2) is 85.2 Å². The second kappa shape index (κ2) is 19.2. The summed E-state index contributed by atoms with van der Waals surface area (Å²) in [6, 6.07) is 13.3. The van der Waals surface area contributed by atoms with Crippen molar-refractivity contribution < 1.29 is 37.4 Å². The number of amides is 2. The molecule has 4 aromatic rings. The quantitative estimate of drug-likeness (QED) is 0.0391. The van der Waals surface area contributed by atoms with Crippen molar-refractivity contribution in [3.8, 4) is 22.9 Å². The van der Waals surface area contributed by atoms with Crippen LogP contribution in [0.4, 0.5) is 10.8 Å². The number of hydrogen-bond acceptors (Lipinski definition) is 13. The van der Waals surface area contributed by atoms with E-state index in [2.05, 4.69) is 32.6 Å². The van der Waals surface area contributed by atoms with E-state index in [1.807, 2.05) is 43.5 Å². The summed E-state index contributed by atoms with van der Waals surface area (Å²) in [4.78, 5) is 47.7. The van der Waals surface area contributed by atoms with Gasteiger partial charge in [-0.25, -0.2) is 23.1 Å². The van der Waals surface area contributed by atoms with E-state index in [4.69, 9.17) is 24.5 Å². The van der Waals surface area contributed by atoms with Gasteiger partial charge in [-0.15, -0.1) is 17.9 Å². The zero-order valence-electron chi connectivity index (χ0n) is 33.6. The van der Waals surface area contributed by atoms with Crippen molar-refractivity contribution in [1.82, 2.24) is 25.3 Å². The van der Waals surface area contributed by atoms with Gasteiger partial charge in [0.15, 0.2) is 5.13 Å². The van der Waals surface area contributed by atoms with Gasteiger partial charge in [-0.3, -0.25) is 14.4 Å². The topological polar surface area (TPSA) is 210 Å². The first-order valence-electron chi connectivity index (χ1n) is 20.0. The van der Waals surface area contributed by atoms with E-state index in [0.717, 1.165) is 42.6 Å². The molecule has 0 spiro atoms. The van der Waals surface area contributed by atoms with E-state index in [9.17, 15) is 22.8 Å². The Kier molecular flexibility index (Phi) is 14.1. The minimum Gasteiger partial charge on any atom is -0.497 e. The molecule has 4 atom stereocenters. The lowest BCUT2D eigenvalue weighted by molar-refractivity contribution is -0.137. The number of ether oxygens (including phenoxy) is 2. The molecule has 17 heteroatoms. The van der Waals surface area contributed by atoms with Crippen LogP contribution >= 0.6 is 11.3 Å². The summed E-state index contributed by atoms with van der Waals surface area (Å²) < 4.78 is 41.6. The molecule has 1 aliphatic carbocycles. The zero-order chi connectivity index (χ0) is 42.2. The zero-order valence-corrected chi connectivity index (χ0v) is 35.2. The second-order valence-corrected chi connectivity index (χ2v) is 17.8. The molecule has 1 aliphatic heterocycles. The molecular formula is C42H53N7O8S2. The second-order valence-electron chi connectivity index (χ2n) is 15.3. The number of thiazole rings is 1. The first-order valence-corrected chi connectivity index (χ1v) is 22.4. The lowest BCUT2D eigenvalue weighted by Gasteiger charge is -2.21. The van der Waals surface area contributed by atoms with E-state index in [-0.39, 0.29) is 23.8 Å². The maximum absolute atomic E-state index is 13.8. The third-order valence-corrected chi connectivity index (χ3v) is 12.6. The Balaban J connectivity index is 1.08. The Morgan fingerprint density at radius 1 is 1.05 bits per heavy atom. The maximum atomic E-state index is 13.8. The smallest absolute Gasteiger partial charge is 0.303 e. The molecule has 2 aromatic heterocycles. The average Bonchev–Trinajstić information content (AvgIpc) is 3.45. The van der Waals surface area contributed by atoms with Gasteiger partial charge >= 0.3 is 5.97 Å². The fourth-order valence-electron chi connectivity index (χ4n) is 7.20. The molecule has 0 bridgehead atoms. The number of anilines is 2. The van der Waals surface area contributed by atoms with Gasteiger partial charge in [0.05, 0.1) is 30.0 Å². The number of carboxylic acid groups (broad SMARTS) is 1. The van der Waals surface area contributed by atoms with E-state index >= 15 is 0 Å². The van der Waals surface area contributed by atoms with Crippen molar-refractivity contribution in [2.24, 2.45) is 5.92 Å². The van der Waals surface area contributed by atoms with Crippen LogP contribution in [0.15, 0.2) is 71.5 Å². The molecular weight excluding hydrogens is 795 g/mol. The van der Waals surface area contributed by atoms with Gasteiger partial charge in [-0.05, 0) is 57.4 Å². The largest absolute Gasteiger partial charge is 0.497 e. The molecule has 6 N–H and O–H groups in total. The highest BCUT2D eigenvalue weighted by atomic mass is 32.2. The van der Waals surface area contributed by atoms with Gasteiger partial charge in [0.2, 0.25) is 5.91 Å². The molecule has 0 unspecified atom stereocenters. The number of benzene rings is 2. The molecule has 1 saturated carbocycles. The third kappa shape index (κ3) is 10.9. The van der Waals surface area contributed by atoms with Gasteiger partial charge in [0.25, 0.3) is 15.9 Å². The number of nitrogens with one attached hydrogen (secondary N) is 5. The van der Waals surface area contributed by atoms with Crippen LogP contribution in [-0.2, 0) is 24.4 Å². The number of carboxylic acids is 1. The molecule has 59 heavy (non-hydrogen) atoms. The van der Waals surface area contributed by atoms with Crippen LogP contribution in [0.5, 0.6) is 11.5 Å². The van der Waals surface area contributed by atoms with Crippen molar-refractivity contribution in [3.63, 3.8) is 0 Å². The number of aromatic nitrogens is 2. The van der Waals surface area contributed by atoms with Gasteiger partial charge < -0.3 is 35.8 Å². The minimum absolute atomic E-state index is 0.0792. The fraction of sp³-hybridized carbons (Fsp3) is 0.452. The third-order valence-electron chi connectivity index (χ3n) is 10.4. The summed E-state index contributed by atoms with van der Waals surface area (Å²) in [6.45, 7) is 8.77. The highest BCUT2D eigenvalue weighted by Gasteiger charge is 2.61. The number of nitrogens with zero attached hydrogens (tertiary/aromatic N) is 2. The Hall–Kier alpha value is -5.26. The molecule has 316 valence electrons. The van der Waals surface area contributed by atoms with Crippen molar-refractivity contribution in [2.45, 2.75) is 100 Å². The molecule has 15 nitrogen and oxygen atoms in total. The van der Waals surface area contributed by atoms with Crippen LogP contribution in [0.1, 0.15) is 71.6 Å². The monoisotopic (exact) mass is 847 g/mol. The number of methoxy groups -OCH3 is 1. The van der Waals surface area contributed by atoms with Crippen LogP contribution in [0.25, 0.3) is 22.3 Å². The van der Waals surface area contributed by atoms with Gasteiger partial charge in [-0.2, -0.15) is 0 Å². The Morgan fingerprint density at radius 3 is 2.54 bits per heavy atom. The summed E-state index contributed by atoms with van der Waals surface area (Å²) in [5.41, 5.74) is 0.851. The highest BCUT2D eigenvalue weighted by Crippen LogP contribution is 2.45. The number of carbonyl (C=O) groups is 3. The molecule has 0 radical (unpaired) electrons. The first-order chi connectivity index (χ1) is 28.3. The lowest BCUT2D eigenvalue weighted by atomic mass is 10.1. The van der Waals surface area contributed by atoms with E-state index in [1.165, 1.54) is 17.4 Å². The van der Waals surface area contributed by atoms with Crippen LogP contribution in [0.3, 0.4) is 0 Å². The Bertz CT molecular complexity index is 2270. The number of hydrogen-bond donors (Lipinski definition) is 6. The number of unbranched alkanes of at least 4 members (excludes halogenated alkanes) is 5. The first kappa shape index (κ1) is 43.3. The summed E-state index contributed by atoms with van der Waals surface area (Å²) in [7, 11) is -2.74. The van der Waals surface area contributed by atoms with Crippen LogP contribution in [0, 0.1) is 5.92 Å². The molecule has 2 aliphatic rings. The number of rotatable bonds is 22. The van der Waals surface area contributed by atoms with Gasteiger partial charge in [0, 0.05) is 60.8 Å². The predicted octanol–water partition coefficient (Wildman–Crippen LogP) is 6.09. The molecule has 2 aromatic carbocycles. The summed E-state index contributed by atoms with van der Waals surface area (Å²) in [5.74, 6) is -1.32. The van der Waals surface area contributed by atoms with E-state index in [1.54, 1.807) is 31.4 Å².